The van der Waals surface area contributed by atoms with Crippen molar-refractivity contribution in [3.8, 4) is 5.75 Å². The first kappa shape index (κ1) is 19.5. The normalized spacial score (nSPS) is 12.7. The zero-order chi connectivity index (χ0) is 20.3. The highest BCUT2D eigenvalue weighted by Crippen LogP contribution is 2.30. The maximum absolute atomic E-state index is 12.4. The zero-order valence-electron chi connectivity index (χ0n) is 14.3. The number of hydrogen-bond donors (Lipinski definition) is 0. The predicted molar refractivity (Wildman–Crippen MR) is 99.1 cm³/mol. The number of amides is 2. The Kier molecular flexibility index (Phi) is 5.69. The summed E-state index contributed by atoms with van der Waals surface area (Å²) >= 11 is 3.30. The lowest BCUT2D eigenvalue weighted by Crippen LogP contribution is -2.36. The number of rotatable bonds is 7. The summed E-state index contributed by atoms with van der Waals surface area (Å²) in [6.45, 7) is -0.648. The van der Waals surface area contributed by atoms with Crippen LogP contribution in [0.3, 0.4) is 0 Å². The first-order valence-electron chi connectivity index (χ1n) is 8.06. The van der Waals surface area contributed by atoms with E-state index in [1.807, 2.05) is 6.07 Å². The van der Waals surface area contributed by atoms with Crippen molar-refractivity contribution < 1.29 is 28.8 Å². The predicted octanol–water partition coefficient (Wildman–Crippen LogP) is 2.58. The molecule has 0 spiro atoms. The molecular weight excluding hydrogens is 436 g/mol. The van der Waals surface area contributed by atoms with Gasteiger partial charge in [-0.2, -0.15) is 0 Å². The van der Waals surface area contributed by atoms with Crippen molar-refractivity contribution in [2.75, 3.05) is 19.8 Å². The van der Waals surface area contributed by atoms with Gasteiger partial charge < -0.3 is 9.47 Å². The Labute approximate surface area is 167 Å². The number of nitrogens with zero attached hydrogens (tertiary/aromatic N) is 2. The smallest absolute Gasteiger partial charge is 0.326 e. The van der Waals surface area contributed by atoms with Crippen LogP contribution in [0.2, 0.25) is 0 Å². The van der Waals surface area contributed by atoms with E-state index in [1.54, 1.807) is 18.2 Å². The van der Waals surface area contributed by atoms with Gasteiger partial charge in [0.15, 0.2) is 0 Å². The molecule has 2 amide bonds. The summed E-state index contributed by atoms with van der Waals surface area (Å²) < 4.78 is 11.2. The number of carbonyl (C=O) groups is 3. The summed E-state index contributed by atoms with van der Waals surface area (Å²) in [4.78, 5) is 47.6. The fourth-order valence-electron chi connectivity index (χ4n) is 2.66. The molecule has 10 heteroatoms. The van der Waals surface area contributed by atoms with Crippen LogP contribution in [0.1, 0.15) is 20.7 Å². The molecule has 0 saturated carbocycles. The molecule has 1 aliphatic heterocycles. The third kappa shape index (κ3) is 4.01. The fourth-order valence-corrected chi connectivity index (χ4v) is 3.04. The molecule has 9 nitrogen and oxygen atoms in total. The summed E-state index contributed by atoms with van der Waals surface area (Å²) in [5.41, 5.74) is -0.901. The molecule has 28 heavy (non-hydrogen) atoms. The van der Waals surface area contributed by atoms with Crippen molar-refractivity contribution in [2.45, 2.75) is 0 Å². The third-order valence-electron chi connectivity index (χ3n) is 3.87. The Morgan fingerprint density at radius 1 is 1.11 bits per heavy atom. The number of ether oxygens (including phenoxy) is 2. The van der Waals surface area contributed by atoms with Gasteiger partial charge in [-0.15, -0.1) is 0 Å². The van der Waals surface area contributed by atoms with Crippen LogP contribution in [0.15, 0.2) is 46.9 Å². The zero-order valence-corrected chi connectivity index (χ0v) is 15.9. The van der Waals surface area contributed by atoms with E-state index in [0.29, 0.717) is 10.6 Å². The molecule has 0 radical (unpaired) electrons. The number of carbonyl (C=O) groups excluding carboxylic acids is 3. The number of esters is 1. The molecule has 0 atom stereocenters. The van der Waals surface area contributed by atoms with Crippen molar-refractivity contribution in [3.63, 3.8) is 0 Å². The molecule has 1 heterocycles. The molecule has 2 aromatic rings. The van der Waals surface area contributed by atoms with Gasteiger partial charge in [-0.25, -0.2) is 0 Å². The van der Waals surface area contributed by atoms with Gasteiger partial charge in [-0.05, 0) is 24.3 Å². The van der Waals surface area contributed by atoms with Crippen molar-refractivity contribution >= 4 is 39.4 Å². The highest BCUT2D eigenvalue weighted by atomic mass is 79.9. The van der Waals surface area contributed by atoms with Gasteiger partial charge in [0.05, 0.1) is 10.5 Å². The maximum atomic E-state index is 12.4. The van der Waals surface area contributed by atoms with Gasteiger partial charge >= 0.3 is 5.97 Å². The molecule has 0 fully saturated rings. The highest BCUT2D eigenvalue weighted by molar-refractivity contribution is 9.10. The van der Waals surface area contributed by atoms with E-state index >= 15 is 0 Å². The van der Waals surface area contributed by atoms with E-state index in [-0.39, 0.29) is 24.3 Å². The number of hydrogen-bond acceptors (Lipinski definition) is 7. The second kappa shape index (κ2) is 8.17. The monoisotopic (exact) mass is 448 g/mol. The van der Waals surface area contributed by atoms with E-state index in [9.17, 15) is 24.5 Å². The lowest BCUT2D eigenvalue weighted by molar-refractivity contribution is -0.385. The first-order chi connectivity index (χ1) is 13.4. The summed E-state index contributed by atoms with van der Waals surface area (Å²) in [6.07, 6.45) is 0. The second-order valence-electron chi connectivity index (χ2n) is 5.68. The van der Waals surface area contributed by atoms with E-state index < -0.39 is 34.9 Å². The minimum Gasteiger partial charge on any atom is -0.490 e. The Morgan fingerprint density at radius 2 is 1.86 bits per heavy atom. The molecule has 0 saturated heterocycles. The Morgan fingerprint density at radius 3 is 2.57 bits per heavy atom. The van der Waals surface area contributed by atoms with Crippen LogP contribution in [0, 0.1) is 10.1 Å². The highest BCUT2D eigenvalue weighted by Gasteiger charge is 2.41. The Balaban J connectivity index is 1.56. The van der Waals surface area contributed by atoms with Crippen LogP contribution >= 0.6 is 15.9 Å². The number of halogens is 1. The Hall–Kier alpha value is -3.27. The minimum absolute atomic E-state index is 0.0792. The molecule has 2 aromatic carbocycles. The summed E-state index contributed by atoms with van der Waals surface area (Å²) in [5.74, 6) is -1.91. The van der Waals surface area contributed by atoms with Gasteiger partial charge in [-0.3, -0.25) is 29.4 Å². The van der Waals surface area contributed by atoms with E-state index in [1.165, 1.54) is 12.1 Å². The number of nitro benzene ring substituents is 1. The van der Waals surface area contributed by atoms with Crippen LogP contribution in [0.4, 0.5) is 5.69 Å². The van der Waals surface area contributed by atoms with Crippen LogP contribution in [0.25, 0.3) is 0 Å². The molecule has 144 valence electrons. The molecule has 0 aliphatic carbocycles. The van der Waals surface area contributed by atoms with Gasteiger partial charge in [0.2, 0.25) is 0 Å². The van der Waals surface area contributed by atoms with Crippen molar-refractivity contribution in [1.82, 2.24) is 4.90 Å². The molecule has 0 N–H and O–H groups in total. The molecule has 0 bridgehead atoms. The minimum atomic E-state index is -0.894. The average Bonchev–Trinajstić information content (AvgIpc) is 2.90. The first-order valence-corrected chi connectivity index (χ1v) is 8.85. The maximum Gasteiger partial charge on any atom is 0.326 e. The summed E-state index contributed by atoms with van der Waals surface area (Å²) in [5, 5.41) is 11.1. The number of fused-ring (bicyclic) bond motifs is 1. The lowest BCUT2D eigenvalue weighted by atomic mass is 10.1. The quantitative estimate of drug-likeness (QED) is 0.210. The fraction of sp³-hybridized carbons (Fsp3) is 0.167. The van der Waals surface area contributed by atoms with Gasteiger partial charge in [0.25, 0.3) is 17.5 Å². The lowest BCUT2D eigenvalue weighted by Gasteiger charge is -2.13. The summed E-state index contributed by atoms with van der Waals surface area (Å²) in [6, 6.07) is 10.8. The van der Waals surface area contributed by atoms with Crippen LogP contribution < -0.4 is 4.74 Å². The number of nitro groups is 1. The van der Waals surface area contributed by atoms with Crippen LogP contribution in [-0.4, -0.2) is 47.4 Å². The topological polar surface area (TPSA) is 116 Å². The number of benzene rings is 2. The standard InChI is InChI=1S/C18H13BrN2O7/c19-11-3-1-4-12(9-11)27-7-8-28-15(22)10-20-17(23)13-5-2-6-14(21(25)26)16(13)18(20)24/h1-6,9H,7-8,10H2. The third-order valence-corrected chi connectivity index (χ3v) is 4.37. The Bertz CT molecular complexity index is 976. The van der Waals surface area contributed by atoms with E-state index in [2.05, 4.69) is 15.9 Å². The molecule has 0 aromatic heterocycles. The van der Waals surface area contributed by atoms with Crippen molar-refractivity contribution in [3.05, 3.63) is 68.2 Å². The molecule has 0 unspecified atom stereocenters. The largest absolute Gasteiger partial charge is 0.490 e. The molecular formula is C18H13BrN2O7. The van der Waals surface area contributed by atoms with Crippen molar-refractivity contribution in [2.24, 2.45) is 0 Å². The molecule has 3 rings (SSSR count). The van der Waals surface area contributed by atoms with Crippen molar-refractivity contribution in [1.29, 1.82) is 0 Å². The average molecular weight is 449 g/mol. The SMILES string of the molecule is O=C(CN1C(=O)c2cccc([N+](=O)[O-])c2C1=O)OCCOc1cccc(Br)c1. The second-order valence-corrected chi connectivity index (χ2v) is 6.60. The molecule has 1 aliphatic rings. The van der Waals surface area contributed by atoms with E-state index in [0.717, 1.165) is 10.5 Å². The van der Waals surface area contributed by atoms with Gasteiger partial charge in [0, 0.05) is 10.5 Å². The van der Waals surface area contributed by atoms with Gasteiger partial charge in [-0.1, -0.05) is 28.1 Å². The summed E-state index contributed by atoms with van der Waals surface area (Å²) in [7, 11) is 0. The van der Waals surface area contributed by atoms with E-state index in [4.69, 9.17) is 9.47 Å². The van der Waals surface area contributed by atoms with Gasteiger partial charge in [0.1, 0.15) is 31.1 Å². The van der Waals surface area contributed by atoms with Crippen LogP contribution in [-0.2, 0) is 9.53 Å². The number of imide groups is 1. The van der Waals surface area contributed by atoms with Crippen LogP contribution in [0.5, 0.6) is 5.75 Å².